The third-order valence-corrected chi connectivity index (χ3v) is 9.50. The van der Waals surface area contributed by atoms with Gasteiger partial charge in [-0.05, 0) is 49.0 Å². The fourth-order valence-corrected chi connectivity index (χ4v) is 7.12. The molecule has 37 heavy (non-hydrogen) atoms. The van der Waals surface area contributed by atoms with Crippen LogP contribution in [0, 0.1) is 0 Å². The van der Waals surface area contributed by atoms with E-state index < -0.39 is 76.0 Å². The number of hydrogen-bond donors (Lipinski definition) is 3. The van der Waals surface area contributed by atoms with Crippen LogP contribution in [0.4, 0.5) is 35.5 Å². The molecule has 0 saturated carbocycles. The summed E-state index contributed by atoms with van der Waals surface area (Å²) in [5.74, 6) is -0.563. The van der Waals surface area contributed by atoms with Crippen LogP contribution in [-0.4, -0.2) is 78.5 Å². The Morgan fingerprint density at radius 1 is 1.00 bits per heavy atom. The van der Waals surface area contributed by atoms with Crippen LogP contribution in [-0.2, 0) is 9.84 Å². The second-order valence-corrected chi connectivity index (χ2v) is 11.3. The lowest BCUT2D eigenvalue weighted by molar-refractivity contribution is -0.352. The van der Waals surface area contributed by atoms with Gasteiger partial charge in [-0.25, -0.2) is 17.6 Å². The van der Waals surface area contributed by atoms with Gasteiger partial charge < -0.3 is 20.4 Å². The third-order valence-electron chi connectivity index (χ3n) is 6.85. The number of allylic oxidation sites excluding steroid dienone is 6. The standard InChI is InChI=1S/C22H25F7N2O5S/c23-16-5-7-17(8-6-16)37(35,36)19(9-11-31(13-19)18(33)30-10-12-32)14-1-3-15(4-2-14)20(34,21(24,25)26)22(27,28)29/h1,3,5,7,32,34H,2,4,6,8-13H2,(H,30,33). The minimum absolute atomic E-state index is 0.0312. The highest BCUT2D eigenvalue weighted by Crippen LogP contribution is 2.52. The maximum Gasteiger partial charge on any atom is 0.430 e. The third kappa shape index (κ3) is 5.04. The minimum atomic E-state index is -6.08. The number of nitrogens with zero attached hydrogens (tertiary/aromatic N) is 1. The quantitative estimate of drug-likeness (QED) is 0.429. The molecular formula is C22H25F7N2O5S. The van der Waals surface area contributed by atoms with E-state index in [2.05, 4.69) is 5.32 Å². The van der Waals surface area contributed by atoms with E-state index in [0.29, 0.717) is 6.08 Å². The number of carbonyl (C=O) groups is 1. The van der Waals surface area contributed by atoms with Crippen LogP contribution in [0.15, 0.2) is 46.2 Å². The lowest BCUT2D eigenvalue weighted by Crippen LogP contribution is -2.58. The van der Waals surface area contributed by atoms with E-state index in [1.807, 2.05) is 0 Å². The second-order valence-electron chi connectivity index (χ2n) is 8.96. The van der Waals surface area contributed by atoms with Crippen LogP contribution in [0.2, 0.25) is 0 Å². The van der Waals surface area contributed by atoms with Crippen LogP contribution in [0.25, 0.3) is 0 Å². The number of hydrogen-bond acceptors (Lipinski definition) is 5. The van der Waals surface area contributed by atoms with Crippen molar-refractivity contribution in [2.45, 2.75) is 54.8 Å². The van der Waals surface area contributed by atoms with Crippen molar-refractivity contribution in [1.82, 2.24) is 10.2 Å². The number of sulfone groups is 1. The number of aliphatic hydroxyl groups is 2. The van der Waals surface area contributed by atoms with Gasteiger partial charge in [-0.1, -0.05) is 12.2 Å². The van der Waals surface area contributed by atoms with Crippen LogP contribution in [0.3, 0.4) is 0 Å². The Morgan fingerprint density at radius 2 is 1.65 bits per heavy atom. The molecule has 1 fully saturated rings. The summed E-state index contributed by atoms with van der Waals surface area (Å²) >= 11 is 0. The van der Waals surface area contributed by atoms with Crippen molar-refractivity contribution in [3.8, 4) is 0 Å². The zero-order valence-electron chi connectivity index (χ0n) is 19.3. The molecule has 1 aliphatic heterocycles. The molecule has 208 valence electrons. The maximum absolute atomic E-state index is 13.8. The molecule has 3 N–H and O–H groups in total. The SMILES string of the molecule is O=C(NCCO)N1CCC(C2=CC=C(C(O)(C(F)(F)F)C(F)(F)F)CC2)(S(=O)(=O)C2=CC=C(F)CC2)C1. The lowest BCUT2D eigenvalue weighted by Gasteiger charge is -2.38. The van der Waals surface area contributed by atoms with E-state index in [-0.39, 0.29) is 42.8 Å². The summed E-state index contributed by atoms with van der Waals surface area (Å²) < 4.78 is 119. The molecule has 1 saturated heterocycles. The molecule has 0 aromatic carbocycles. The van der Waals surface area contributed by atoms with E-state index in [0.717, 1.165) is 23.1 Å². The summed E-state index contributed by atoms with van der Waals surface area (Å²) in [4.78, 5) is 13.4. The molecule has 2 amide bonds. The summed E-state index contributed by atoms with van der Waals surface area (Å²) in [6.07, 6.45) is -11.0. The van der Waals surface area contributed by atoms with Gasteiger partial charge in [-0.2, -0.15) is 26.3 Å². The van der Waals surface area contributed by atoms with Crippen molar-refractivity contribution in [3.05, 3.63) is 46.2 Å². The van der Waals surface area contributed by atoms with Crippen molar-refractivity contribution in [3.63, 3.8) is 0 Å². The molecule has 3 rings (SSSR count). The molecule has 7 nitrogen and oxygen atoms in total. The van der Waals surface area contributed by atoms with Gasteiger partial charge in [-0.3, -0.25) is 0 Å². The normalized spacial score (nSPS) is 23.8. The van der Waals surface area contributed by atoms with Crippen molar-refractivity contribution >= 4 is 15.9 Å². The Morgan fingerprint density at radius 3 is 2.14 bits per heavy atom. The van der Waals surface area contributed by atoms with Gasteiger partial charge in [0.2, 0.25) is 0 Å². The smallest absolute Gasteiger partial charge is 0.395 e. The van der Waals surface area contributed by atoms with Gasteiger partial charge in [0.05, 0.1) is 6.61 Å². The average Bonchev–Trinajstić information content (AvgIpc) is 3.28. The number of aliphatic hydroxyl groups excluding tert-OH is 1. The van der Waals surface area contributed by atoms with Crippen LogP contribution < -0.4 is 5.32 Å². The number of carbonyl (C=O) groups excluding carboxylic acids is 1. The van der Waals surface area contributed by atoms with Gasteiger partial charge in [0.25, 0.3) is 5.60 Å². The summed E-state index contributed by atoms with van der Waals surface area (Å²) in [6, 6.07) is -0.717. The summed E-state index contributed by atoms with van der Waals surface area (Å²) in [6.45, 7) is -1.11. The van der Waals surface area contributed by atoms with Crippen LogP contribution in [0.1, 0.15) is 32.1 Å². The fourth-order valence-electron chi connectivity index (χ4n) is 4.79. The van der Waals surface area contributed by atoms with E-state index in [9.17, 15) is 49.1 Å². The second kappa shape index (κ2) is 10.1. The topological polar surface area (TPSA) is 107 Å². The molecule has 1 atom stereocenters. The Hall–Kier alpha value is -2.39. The minimum Gasteiger partial charge on any atom is -0.395 e. The number of alkyl halides is 6. The number of halogens is 7. The molecule has 0 bridgehead atoms. The van der Waals surface area contributed by atoms with Crippen molar-refractivity contribution in [2.24, 2.45) is 0 Å². The van der Waals surface area contributed by atoms with Gasteiger partial charge in [0.15, 0.2) is 9.84 Å². The molecule has 0 aromatic heterocycles. The van der Waals surface area contributed by atoms with Crippen molar-refractivity contribution in [2.75, 3.05) is 26.2 Å². The molecule has 0 spiro atoms. The summed E-state index contributed by atoms with van der Waals surface area (Å²) in [5.41, 5.74) is -6.54. The fraction of sp³-hybridized carbons (Fsp3) is 0.591. The summed E-state index contributed by atoms with van der Waals surface area (Å²) in [5, 5.41) is 21.0. The summed E-state index contributed by atoms with van der Waals surface area (Å²) in [7, 11) is -4.37. The van der Waals surface area contributed by atoms with E-state index in [1.165, 1.54) is 0 Å². The molecule has 15 heteroatoms. The zero-order valence-corrected chi connectivity index (χ0v) is 20.1. The predicted octanol–water partition coefficient (Wildman–Crippen LogP) is 3.58. The number of likely N-dealkylation sites (tertiary alicyclic amines) is 1. The Balaban J connectivity index is 2.09. The molecule has 0 radical (unpaired) electrons. The molecule has 3 aliphatic rings. The maximum atomic E-state index is 13.8. The largest absolute Gasteiger partial charge is 0.430 e. The first kappa shape index (κ1) is 29.2. The molecule has 0 aromatic rings. The Kier molecular flexibility index (Phi) is 7.93. The molecule has 2 aliphatic carbocycles. The van der Waals surface area contributed by atoms with Gasteiger partial charge in [-0.15, -0.1) is 0 Å². The van der Waals surface area contributed by atoms with E-state index >= 15 is 0 Å². The first-order valence-electron chi connectivity index (χ1n) is 11.2. The molecule has 1 heterocycles. The highest BCUT2D eigenvalue weighted by atomic mass is 32.2. The Bertz CT molecular complexity index is 1140. The lowest BCUT2D eigenvalue weighted by atomic mass is 9.81. The van der Waals surface area contributed by atoms with Gasteiger partial charge in [0, 0.05) is 31.0 Å². The molecular weight excluding hydrogens is 537 g/mol. The van der Waals surface area contributed by atoms with Crippen molar-refractivity contribution in [1.29, 1.82) is 0 Å². The van der Waals surface area contributed by atoms with Crippen LogP contribution in [0.5, 0.6) is 0 Å². The zero-order chi connectivity index (χ0) is 27.9. The highest BCUT2D eigenvalue weighted by Gasteiger charge is 2.72. The number of nitrogens with one attached hydrogen (secondary N) is 1. The number of amides is 2. The average molecular weight is 563 g/mol. The van der Waals surface area contributed by atoms with Gasteiger partial charge >= 0.3 is 18.4 Å². The number of urea groups is 1. The Labute approximate surface area is 207 Å². The molecule has 1 unspecified atom stereocenters. The van der Waals surface area contributed by atoms with Gasteiger partial charge in [0.1, 0.15) is 10.6 Å². The monoisotopic (exact) mass is 562 g/mol. The van der Waals surface area contributed by atoms with E-state index in [4.69, 9.17) is 5.11 Å². The first-order chi connectivity index (χ1) is 17.0. The van der Waals surface area contributed by atoms with Crippen LogP contribution >= 0.6 is 0 Å². The first-order valence-corrected chi connectivity index (χ1v) is 12.7. The predicted molar refractivity (Wildman–Crippen MR) is 117 cm³/mol. The number of rotatable bonds is 6. The highest BCUT2D eigenvalue weighted by molar-refractivity contribution is 7.96. The van der Waals surface area contributed by atoms with Crippen molar-refractivity contribution < 1.29 is 54.2 Å². The van der Waals surface area contributed by atoms with E-state index in [1.54, 1.807) is 0 Å².